The van der Waals surface area contributed by atoms with Crippen LogP contribution in [0.2, 0.25) is 0 Å². The molecule has 0 bridgehead atoms. The van der Waals surface area contributed by atoms with Gasteiger partial charge in [-0.15, -0.1) is 0 Å². The Kier molecular flexibility index (Phi) is 5.64. The number of hydrogen-bond acceptors (Lipinski definition) is 7. The van der Waals surface area contributed by atoms with Crippen LogP contribution in [0.3, 0.4) is 0 Å². The Morgan fingerprint density at radius 1 is 1.23 bits per heavy atom. The second-order valence-electron chi connectivity index (χ2n) is 4.99. The fourth-order valence-corrected chi connectivity index (χ4v) is 2.39. The molecule has 3 atom stereocenters. The Morgan fingerprint density at radius 2 is 2.00 bits per heavy atom. The van der Waals surface area contributed by atoms with Crippen LogP contribution in [-0.2, 0) is 14.2 Å². The number of nitrogens with zero attached hydrogens (tertiary/aromatic N) is 4. The van der Waals surface area contributed by atoms with Crippen molar-refractivity contribution in [2.45, 2.75) is 38.7 Å². The molecule has 0 aliphatic rings. The van der Waals surface area contributed by atoms with Crippen LogP contribution in [0.25, 0.3) is 11.2 Å². The number of fused-ring (bicyclic) bond motifs is 1. The maximum atomic E-state index is 6.11. The Balaban J connectivity index is 2.19. The topological polar surface area (TPSA) is 97.3 Å². The van der Waals surface area contributed by atoms with Crippen molar-refractivity contribution in [3.63, 3.8) is 0 Å². The number of nitrogen functional groups attached to an aromatic ring is 1. The molecule has 0 aromatic carbocycles. The molecule has 8 nitrogen and oxygen atoms in total. The maximum Gasteiger partial charge on any atom is 0.167 e. The SMILES string of the molecule is CC[C@H](OC(C)n1cnc2c(N)ncnc21)C(COC)OC. The molecule has 0 fully saturated rings. The Bertz CT molecular complexity index is 603. The molecule has 2 aromatic rings. The van der Waals surface area contributed by atoms with Crippen molar-refractivity contribution < 1.29 is 14.2 Å². The molecular weight excluding hydrogens is 286 g/mol. The van der Waals surface area contributed by atoms with E-state index in [2.05, 4.69) is 15.0 Å². The highest BCUT2D eigenvalue weighted by molar-refractivity contribution is 5.81. The van der Waals surface area contributed by atoms with Crippen LogP contribution in [0, 0.1) is 0 Å². The maximum absolute atomic E-state index is 6.11. The summed E-state index contributed by atoms with van der Waals surface area (Å²) < 4.78 is 18.6. The van der Waals surface area contributed by atoms with E-state index in [1.54, 1.807) is 20.5 Å². The Morgan fingerprint density at radius 3 is 2.64 bits per heavy atom. The molecule has 22 heavy (non-hydrogen) atoms. The first-order valence-electron chi connectivity index (χ1n) is 7.22. The van der Waals surface area contributed by atoms with E-state index in [0.29, 0.717) is 23.6 Å². The second kappa shape index (κ2) is 7.48. The standard InChI is InChI=1S/C14H23N5O3/c1-5-10(11(21-4)6-20-3)22-9(2)19-8-18-12-13(15)16-7-17-14(12)19/h7-11H,5-6H2,1-4H3,(H2,15,16,17)/t9?,10-,11?/m0/s1. The molecule has 0 spiro atoms. The van der Waals surface area contributed by atoms with Gasteiger partial charge in [0, 0.05) is 14.2 Å². The molecule has 2 rings (SSSR count). The fraction of sp³-hybridized carbons (Fsp3) is 0.643. The summed E-state index contributed by atoms with van der Waals surface area (Å²) in [7, 11) is 3.30. The number of ether oxygens (including phenoxy) is 3. The van der Waals surface area contributed by atoms with E-state index in [0.717, 1.165) is 6.42 Å². The molecule has 2 unspecified atom stereocenters. The van der Waals surface area contributed by atoms with Gasteiger partial charge >= 0.3 is 0 Å². The summed E-state index contributed by atoms with van der Waals surface area (Å²) in [5.41, 5.74) is 7.03. The zero-order valence-electron chi connectivity index (χ0n) is 13.4. The van der Waals surface area contributed by atoms with E-state index in [-0.39, 0.29) is 18.4 Å². The van der Waals surface area contributed by atoms with Crippen LogP contribution >= 0.6 is 0 Å². The lowest BCUT2D eigenvalue weighted by Crippen LogP contribution is -2.35. The smallest absolute Gasteiger partial charge is 0.167 e. The van der Waals surface area contributed by atoms with Crippen molar-refractivity contribution >= 4 is 17.0 Å². The van der Waals surface area contributed by atoms with Gasteiger partial charge < -0.3 is 19.9 Å². The number of imidazole rings is 1. The van der Waals surface area contributed by atoms with Crippen molar-refractivity contribution in [3.8, 4) is 0 Å². The van der Waals surface area contributed by atoms with Crippen LogP contribution in [0.4, 0.5) is 5.82 Å². The van der Waals surface area contributed by atoms with Gasteiger partial charge in [-0.1, -0.05) is 6.92 Å². The zero-order valence-corrected chi connectivity index (χ0v) is 13.4. The Labute approximate surface area is 129 Å². The molecule has 8 heteroatoms. The van der Waals surface area contributed by atoms with Gasteiger partial charge in [0.15, 0.2) is 11.5 Å². The number of aromatic nitrogens is 4. The predicted octanol–water partition coefficient (Wildman–Crippen LogP) is 1.38. The van der Waals surface area contributed by atoms with E-state index in [1.165, 1.54) is 6.33 Å². The first-order chi connectivity index (χ1) is 10.6. The summed E-state index contributed by atoms with van der Waals surface area (Å²) in [4.78, 5) is 12.4. The third-order valence-electron chi connectivity index (χ3n) is 3.60. The molecule has 0 saturated heterocycles. The van der Waals surface area contributed by atoms with Crippen LogP contribution in [-0.4, -0.2) is 52.6 Å². The summed E-state index contributed by atoms with van der Waals surface area (Å²) >= 11 is 0. The molecule has 0 saturated carbocycles. The average Bonchev–Trinajstić information content (AvgIpc) is 2.96. The van der Waals surface area contributed by atoms with Crippen LogP contribution in [0.15, 0.2) is 12.7 Å². The number of methoxy groups -OCH3 is 2. The van der Waals surface area contributed by atoms with Gasteiger partial charge in [0.25, 0.3) is 0 Å². The van der Waals surface area contributed by atoms with E-state index >= 15 is 0 Å². The third-order valence-corrected chi connectivity index (χ3v) is 3.60. The molecule has 2 heterocycles. The van der Waals surface area contributed by atoms with Gasteiger partial charge in [-0.3, -0.25) is 4.57 Å². The highest BCUT2D eigenvalue weighted by Crippen LogP contribution is 2.22. The first-order valence-corrected chi connectivity index (χ1v) is 7.22. The predicted molar refractivity (Wildman–Crippen MR) is 82.3 cm³/mol. The summed E-state index contributed by atoms with van der Waals surface area (Å²) in [5.74, 6) is 0.358. The van der Waals surface area contributed by atoms with Crippen molar-refractivity contribution in [2.24, 2.45) is 0 Å². The van der Waals surface area contributed by atoms with E-state index in [1.807, 2.05) is 18.4 Å². The van der Waals surface area contributed by atoms with Crippen LogP contribution in [0.5, 0.6) is 0 Å². The van der Waals surface area contributed by atoms with Gasteiger partial charge in [0.2, 0.25) is 0 Å². The first kappa shape index (κ1) is 16.6. The van der Waals surface area contributed by atoms with Gasteiger partial charge in [0.1, 0.15) is 24.2 Å². The van der Waals surface area contributed by atoms with Crippen molar-refractivity contribution in [1.29, 1.82) is 0 Å². The molecule has 0 amide bonds. The van der Waals surface area contributed by atoms with Gasteiger partial charge in [-0.25, -0.2) is 15.0 Å². The molecule has 0 aliphatic heterocycles. The minimum absolute atomic E-state index is 0.100. The van der Waals surface area contributed by atoms with Gasteiger partial charge in [-0.05, 0) is 13.3 Å². The number of anilines is 1. The molecule has 0 radical (unpaired) electrons. The highest BCUT2D eigenvalue weighted by atomic mass is 16.6. The molecular formula is C14H23N5O3. The minimum Gasteiger partial charge on any atom is -0.382 e. The molecule has 2 N–H and O–H groups in total. The average molecular weight is 309 g/mol. The van der Waals surface area contributed by atoms with Crippen LogP contribution in [0.1, 0.15) is 26.5 Å². The lowest BCUT2D eigenvalue weighted by molar-refractivity contribution is -0.124. The zero-order chi connectivity index (χ0) is 16.1. The van der Waals surface area contributed by atoms with Crippen molar-refractivity contribution in [3.05, 3.63) is 12.7 Å². The molecule has 2 aromatic heterocycles. The Hall–Kier alpha value is -1.77. The van der Waals surface area contributed by atoms with Crippen molar-refractivity contribution in [1.82, 2.24) is 19.5 Å². The second-order valence-corrected chi connectivity index (χ2v) is 4.99. The van der Waals surface area contributed by atoms with Gasteiger partial charge in [-0.2, -0.15) is 0 Å². The molecule has 0 aliphatic carbocycles. The lowest BCUT2D eigenvalue weighted by atomic mass is 10.1. The monoisotopic (exact) mass is 309 g/mol. The number of hydrogen-bond donors (Lipinski definition) is 1. The summed E-state index contributed by atoms with van der Waals surface area (Å²) in [6.45, 7) is 4.45. The van der Waals surface area contributed by atoms with Crippen molar-refractivity contribution in [2.75, 3.05) is 26.6 Å². The summed E-state index contributed by atoms with van der Waals surface area (Å²) in [6.07, 6.45) is 3.38. The van der Waals surface area contributed by atoms with E-state index < -0.39 is 0 Å². The van der Waals surface area contributed by atoms with Gasteiger partial charge in [0.05, 0.1) is 19.0 Å². The third kappa shape index (κ3) is 3.34. The molecule has 122 valence electrons. The quantitative estimate of drug-likeness (QED) is 0.786. The number of rotatable bonds is 8. The minimum atomic E-state index is -0.265. The number of nitrogens with two attached hydrogens (primary N) is 1. The summed E-state index contributed by atoms with van der Waals surface area (Å²) in [6, 6.07) is 0. The largest absolute Gasteiger partial charge is 0.382 e. The van der Waals surface area contributed by atoms with Crippen LogP contribution < -0.4 is 5.73 Å². The van der Waals surface area contributed by atoms with E-state index in [4.69, 9.17) is 19.9 Å². The van der Waals surface area contributed by atoms with E-state index in [9.17, 15) is 0 Å². The normalized spacial score (nSPS) is 15.8. The highest BCUT2D eigenvalue weighted by Gasteiger charge is 2.24. The lowest BCUT2D eigenvalue weighted by Gasteiger charge is -2.28. The summed E-state index contributed by atoms with van der Waals surface area (Å²) in [5, 5.41) is 0. The fourth-order valence-electron chi connectivity index (χ4n) is 2.39.